The van der Waals surface area contributed by atoms with Crippen LogP contribution >= 0.6 is 0 Å². The van der Waals surface area contributed by atoms with Crippen molar-refractivity contribution in [2.45, 2.75) is 31.6 Å². The summed E-state index contributed by atoms with van der Waals surface area (Å²) in [6, 6.07) is 6.21. The molecule has 5 nitrogen and oxygen atoms in total. The highest BCUT2D eigenvalue weighted by molar-refractivity contribution is 7.89. The van der Waals surface area contributed by atoms with Gasteiger partial charge >= 0.3 is 0 Å². The second-order valence-electron chi connectivity index (χ2n) is 4.27. The molecule has 0 aromatic heterocycles. The molecule has 1 aromatic carbocycles. The van der Waals surface area contributed by atoms with Gasteiger partial charge in [0.2, 0.25) is 10.0 Å². The minimum absolute atomic E-state index is 0.0772. The van der Waals surface area contributed by atoms with Crippen molar-refractivity contribution in [3.8, 4) is 6.07 Å². The van der Waals surface area contributed by atoms with Crippen molar-refractivity contribution in [2.24, 2.45) is 0 Å². The molecule has 0 spiro atoms. The summed E-state index contributed by atoms with van der Waals surface area (Å²) in [5, 5.41) is 8.77. The smallest absolute Gasteiger partial charge is 0.245 e. The molecular weight excluding hydrogens is 262 g/mol. The van der Waals surface area contributed by atoms with Crippen molar-refractivity contribution in [3.63, 3.8) is 0 Å². The Labute approximate surface area is 114 Å². The third-order valence-electron chi connectivity index (χ3n) is 2.70. The topological polar surface area (TPSA) is 87.2 Å². The highest BCUT2D eigenvalue weighted by Crippen LogP contribution is 2.23. The average molecular weight is 281 g/mol. The molecule has 2 N–H and O–H groups in total. The van der Waals surface area contributed by atoms with E-state index in [2.05, 4.69) is 0 Å². The lowest BCUT2D eigenvalue weighted by atomic mass is 10.2. The molecule has 19 heavy (non-hydrogen) atoms. The van der Waals surface area contributed by atoms with Crippen molar-refractivity contribution in [3.05, 3.63) is 23.8 Å². The maximum Gasteiger partial charge on any atom is 0.245 e. The summed E-state index contributed by atoms with van der Waals surface area (Å²) in [6.45, 7) is 4.80. The quantitative estimate of drug-likeness (QED) is 0.807. The Kier molecular flexibility index (Phi) is 5.33. The summed E-state index contributed by atoms with van der Waals surface area (Å²) < 4.78 is 26.4. The Morgan fingerprint density at radius 3 is 2.26 bits per heavy atom. The van der Waals surface area contributed by atoms with Gasteiger partial charge in [0.25, 0.3) is 0 Å². The van der Waals surface area contributed by atoms with Gasteiger partial charge in [-0.05, 0) is 31.0 Å². The van der Waals surface area contributed by atoms with E-state index >= 15 is 0 Å². The monoisotopic (exact) mass is 281 g/mol. The molecular formula is C13H19N3O2S. The molecule has 1 aromatic rings. The van der Waals surface area contributed by atoms with E-state index in [1.165, 1.54) is 22.5 Å². The van der Waals surface area contributed by atoms with Crippen molar-refractivity contribution in [1.29, 1.82) is 5.26 Å². The number of nitriles is 1. The van der Waals surface area contributed by atoms with E-state index < -0.39 is 10.0 Å². The second-order valence-corrected chi connectivity index (χ2v) is 6.17. The molecule has 6 heteroatoms. The van der Waals surface area contributed by atoms with Crippen LogP contribution in [0, 0.1) is 11.3 Å². The van der Waals surface area contributed by atoms with Crippen LogP contribution in [0.25, 0.3) is 0 Å². The molecule has 0 amide bonds. The summed E-state index contributed by atoms with van der Waals surface area (Å²) in [7, 11) is -3.58. The van der Waals surface area contributed by atoms with E-state index in [4.69, 9.17) is 11.0 Å². The number of benzene rings is 1. The number of nitrogens with two attached hydrogens (primary N) is 1. The molecule has 0 saturated carbocycles. The Morgan fingerprint density at radius 2 is 1.84 bits per heavy atom. The zero-order valence-corrected chi connectivity index (χ0v) is 12.1. The highest BCUT2D eigenvalue weighted by Gasteiger charge is 2.25. The van der Waals surface area contributed by atoms with Crippen LogP contribution in [0.15, 0.2) is 23.1 Å². The maximum atomic E-state index is 12.5. The molecule has 0 fully saturated rings. The van der Waals surface area contributed by atoms with Gasteiger partial charge in [-0.1, -0.05) is 13.8 Å². The van der Waals surface area contributed by atoms with Gasteiger partial charge in [-0.3, -0.25) is 0 Å². The second kappa shape index (κ2) is 6.55. The van der Waals surface area contributed by atoms with Gasteiger partial charge in [-0.25, -0.2) is 8.42 Å². The summed E-state index contributed by atoms with van der Waals surface area (Å²) in [5.74, 6) is 0. The molecule has 0 saturated heterocycles. The lowest BCUT2D eigenvalue weighted by molar-refractivity contribution is 0.410. The zero-order valence-electron chi connectivity index (χ0n) is 11.3. The first-order valence-electron chi connectivity index (χ1n) is 6.27. The first kappa shape index (κ1) is 15.5. The number of anilines is 1. The molecule has 0 heterocycles. The number of nitrogens with zero attached hydrogens (tertiary/aromatic N) is 2. The minimum atomic E-state index is -3.58. The lowest BCUT2D eigenvalue weighted by Crippen LogP contribution is -2.33. The lowest BCUT2D eigenvalue weighted by Gasteiger charge is -2.21. The van der Waals surface area contributed by atoms with Crippen LogP contribution in [0.3, 0.4) is 0 Å². The number of hydrogen-bond donors (Lipinski definition) is 1. The van der Waals surface area contributed by atoms with E-state index in [-0.39, 0.29) is 10.6 Å². The standard InChI is InChI=1S/C13H19N3O2S/c1-3-7-16(8-4-2)19(17,18)13-6-5-11(10-14)9-12(13)15/h5-6,9H,3-4,7-8,15H2,1-2H3. The largest absolute Gasteiger partial charge is 0.398 e. The molecule has 0 aliphatic heterocycles. The number of nitrogen functional groups attached to an aromatic ring is 1. The van der Waals surface area contributed by atoms with Crippen molar-refractivity contribution in [2.75, 3.05) is 18.8 Å². The van der Waals surface area contributed by atoms with Gasteiger partial charge in [0, 0.05) is 13.1 Å². The van der Waals surface area contributed by atoms with Gasteiger partial charge in [0.1, 0.15) is 4.90 Å². The molecule has 0 unspecified atom stereocenters. The summed E-state index contributed by atoms with van der Waals surface area (Å²) in [4.78, 5) is 0.0772. The van der Waals surface area contributed by atoms with Crippen LogP contribution in [0.2, 0.25) is 0 Å². The molecule has 0 atom stereocenters. The van der Waals surface area contributed by atoms with Crippen molar-refractivity contribution < 1.29 is 8.42 Å². The van der Waals surface area contributed by atoms with Gasteiger partial charge in [-0.15, -0.1) is 0 Å². The van der Waals surface area contributed by atoms with E-state index in [1.54, 1.807) is 0 Å². The average Bonchev–Trinajstić information content (AvgIpc) is 2.38. The fraction of sp³-hybridized carbons (Fsp3) is 0.462. The van der Waals surface area contributed by atoms with Crippen LogP contribution in [-0.4, -0.2) is 25.8 Å². The Balaban J connectivity index is 3.22. The van der Waals surface area contributed by atoms with Crippen molar-refractivity contribution >= 4 is 15.7 Å². The van der Waals surface area contributed by atoms with Gasteiger partial charge in [0.05, 0.1) is 17.3 Å². The summed E-state index contributed by atoms with van der Waals surface area (Å²) in [6.07, 6.45) is 1.49. The maximum absolute atomic E-state index is 12.5. The van der Waals surface area contributed by atoms with Crippen LogP contribution in [0.5, 0.6) is 0 Å². The molecule has 0 aliphatic rings. The van der Waals surface area contributed by atoms with Gasteiger partial charge < -0.3 is 5.73 Å². The molecule has 1 rings (SSSR count). The predicted octanol–water partition coefficient (Wildman–Crippen LogP) is 1.95. The minimum Gasteiger partial charge on any atom is -0.398 e. The Morgan fingerprint density at radius 1 is 1.26 bits per heavy atom. The van der Waals surface area contributed by atoms with Crippen LogP contribution in [0.4, 0.5) is 5.69 Å². The Bertz CT molecular complexity index is 570. The third-order valence-corrected chi connectivity index (χ3v) is 4.68. The SMILES string of the molecule is CCCN(CCC)S(=O)(=O)c1ccc(C#N)cc1N. The Hall–Kier alpha value is -1.58. The number of rotatable bonds is 6. The molecule has 0 aliphatic carbocycles. The highest BCUT2D eigenvalue weighted by atomic mass is 32.2. The first-order valence-corrected chi connectivity index (χ1v) is 7.71. The summed E-state index contributed by atoms with van der Waals surface area (Å²) in [5.41, 5.74) is 6.23. The fourth-order valence-electron chi connectivity index (χ4n) is 1.84. The number of hydrogen-bond acceptors (Lipinski definition) is 4. The molecule has 0 bridgehead atoms. The van der Waals surface area contributed by atoms with Crippen LogP contribution in [0.1, 0.15) is 32.3 Å². The molecule has 104 valence electrons. The van der Waals surface area contributed by atoms with E-state index in [9.17, 15) is 8.42 Å². The fourth-order valence-corrected chi connectivity index (χ4v) is 3.56. The van der Waals surface area contributed by atoms with Gasteiger partial charge in [-0.2, -0.15) is 9.57 Å². The normalized spacial score (nSPS) is 11.5. The van der Waals surface area contributed by atoms with E-state index in [0.29, 0.717) is 18.7 Å². The van der Waals surface area contributed by atoms with Crippen LogP contribution in [-0.2, 0) is 10.0 Å². The van der Waals surface area contributed by atoms with Gasteiger partial charge in [0.15, 0.2) is 0 Å². The first-order chi connectivity index (χ1) is 8.97. The molecule has 0 radical (unpaired) electrons. The predicted molar refractivity (Wildman–Crippen MR) is 74.9 cm³/mol. The van der Waals surface area contributed by atoms with E-state index in [0.717, 1.165) is 12.8 Å². The number of sulfonamides is 1. The van der Waals surface area contributed by atoms with Crippen LogP contribution < -0.4 is 5.73 Å². The third kappa shape index (κ3) is 3.46. The van der Waals surface area contributed by atoms with Crippen molar-refractivity contribution in [1.82, 2.24) is 4.31 Å². The zero-order chi connectivity index (χ0) is 14.5. The summed E-state index contributed by atoms with van der Waals surface area (Å²) >= 11 is 0. The van der Waals surface area contributed by atoms with E-state index in [1.807, 2.05) is 19.9 Å².